The molecule has 1 amide bonds. The first kappa shape index (κ1) is 21.1. The number of ether oxygens (including phenoxy) is 1. The van der Waals surface area contributed by atoms with E-state index >= 15 is 0 Å². The average molecular weight is 406 g/mol. The quantitative estimate of drug-likeness (QED) is 0.656. The lowest BCUT2D eigenvalue weighted by molar-refractivity contribution is 0.102. The van der Waals surface area contributed by atoms with E-state index in [1.165, 1.54) is 12.1 Å². The molecule has 2 aromatic carbocycles. The van der Waals surface area contributed by atoms with Crippen molar-refractivity contribution in [3.8, 4) is 17.5 Å². The predicted octanol–water partition coefficient (Wildman–Crippen LogP) is 4.87. The number of hydrogen-bond acceptors (Lipinski definition) is 4. The van der Waals surface area contributed by atoms with Gasteiger partial charge < -0.3 is 10.1 Å². The lowest BCUT2D eigenvalue weighted by atomic mass is 9.98. The Bertz CT molecular complexity index is 1110. The van der Waals surface area contributed by atoms with Crippen molar-refractivity contribution in [3.05, 3.63) is 71.3 Å². The highest BCUT2D eigenvalue weighted by Gasteiger charge is 2.16. The SMILES string of the molecule is Cc1cc(C(=O)Nc2ccc(OCC(C)(C)C)c(C#N)c2)nn1-c1ccc(F)cc1. The highest BCUT2D eigenvalue weighted by Crippen LogP contribution is 2.25. The van der Waals surface area contributed by atoms with Crippen LogP contribution in [0.1, 0.15) is 42.5 Å². The molecule has 0 aliphatic carbocycles. The summed E-state index contributed by atoms with van der Waals surface area (Å²) in [5, 5.41) is 16.5. The van der Waals surface area contributed by atoms with Crippen LogP contribution in [0.5, 0.6) is 5.75 Å². The van der Waals surface area contributed by atoms with Crippen LogP contribution >= 0.6 is 0 Å². The Hall–Kier alpha value is -3.66. The van der Waals surface area contributed by atoms with Gasteiger partial charge in [-0.2, -0.15) is 10.4 Å². The van der Waals surface area contributed by atoms with E-state index in [2.05, 4.69) is 16.5 Å². The number of carbonyl (C=O) groups is 1. The fourth-order valence-electron chi connectivity index (χ4n) is 2.74. The second kappa shape index (κ2) is 8.37. The molecule has 0 spiro atoms. The summed E-state index contributed by atoms with van der Waals surface area (Å²) in [5.74, 6) is -0.280. The minimum atomic E-state index is -0.411. The van der Waals surface area contributed by atoms with Crippen LogP contribution in [0.2, 0.25) is 0 Å². The van der Waals surface area contributed by atoms with Crippen molar-refractivity contribution in [2.75, 3.05) is 11.9 Å². The van der Waals surface area contributed by atoms with Gasteiger partial charge in [0.15, 0.2) is 5.69 Å². The van der Waals surface area contributed by atoms with Crippen LogP contribution in [0.15, 0.2) is 48.5 Å². The van der Waals surface area contributed by atoms with Gasteiger partial charge in [0.05, 0.1) is 17.9 Å². The third-order valence-corrected chi connectivity index (χ3v) is 4.21. The molecule has 1 heterocycles. The number of rotatable bonds is 5. The smallest absolute Gasteiger partial charge is 0.276 e. The van der Waals surface area contributed by atoms with E-state index in [0.29, 0.717) is 29.3 Å². The molecule has 0 aliphatic heterocycles. The molecule has 3 aromatic rings. The topological polar surface area (TPSA) is 79.9 Å². The summed E-state index contributed by atoms with van der Waals surface area (Å²) in [6, 6.07) is 14.5. The molecule has 0 atom stereocenters. The van der Waals surface area contributed by atoms with Crippen LogP contribution in [-0.4, -0.2) is 22.3 Å². The van der Waals surface area contributed by atoms with Gasteiger partial charge in [-0.05, 0) is 60.9 Å². The van der Waals surface area contributed by atoms with E-state index in [1.54, 1.807) is 41.1 Å². The summed E-state index contributed by atoms with van der Waals surface area (Å²) in [7, 11) is 0. The summed E-state index contributed by atoms with van der Waals surface area (Å²) in [5.41, 5.74) is 2.36. The summed E-state index contributed by atoms with van der Waals surface area (Å²) >= 11 is 0. The first-order valence-electron chi connectivity index (χ1n) is 9.47. The summed E-state index contributed by atoms with van der Waals surface area (Å²) in [6.07, 6.45) is 0. The second-order valence-corrected chi connectivity index (χ2v) is 8.19. The zero-order chi connectivity index (χ0) is 21.9. The van der Waals surface area contributed by atoms with Crippen molar-refractivity contribution in [1.82, 2.24) is 9.78 Å². The van der Waals surface area contributed by atoms with Crippen molar-refractivity contribution in [2.45, 2.75) is 27.7 Å². The first-order chi connectivity index (χ1) is 14.2. The Morgan fingerprint density at radius 3 is 2.53 bits per heavy atom. The van der Waals surface area contributed by atoms with Crippen LogP contribution in [0.25, 0.3) is 5.69 Å². The van der Waals surface area contributed by atoms with E-state index in [9.17, 15) is 14.4 Å². The normalized spacial score (nSPS) is 11.1. The standard InChI is InChI=1S/C23H23FN4O2/c1-15-11-20(27-28(15)19-8-5-17(24)6-9-19)22(29)26-18-7-10-21(16(12-18)13-25)30-14-23(2,3)4/h5-12H,14H2,1-4H3,(H,26,29). The number of carbonyl (C=O) groups excluding carboxylic acids is 1. The average Bonchev–Trinajstić information content (AvgIpc) is 3.08. The zero-order valence-electron chi connectivity index (χ0n) is 17.4. The van der Waals surface area contributed by atoms with Gasteiger partial charge in [-0.3, -0.25) is 4.79 Å². The van der Waals surface area contributed by atoms with E-state index in [-0.39, 0.29) is 16.9 Å². The number of benzene rings is 2. The van der Waals surface area contributed by atoms with Crippen molar-refractivity contribution in [2.24, 2.45) is 5.41 Å². The lowest BCUT2D eigenvalue weighted by Gasteiger charge is -2.19. The van der Waals surface area contributed by atoms with Crippen molar-refractivity contribution in [1.29, 1.82) is 5.26 Å². The summed E-state index contributed by atoms with van der Waals surface area (Å²) in [6.45, 7) is 8.40. The maximum absolute atomic E-state index is 13.1. The van der Waals surface area contributed by atoms with Gasteiger partial charge in [-0.25, -0.2) is 9.07 Å². The van der Waals surface area contributed by atoms with Crippen LogP contribution in [-0.2, 0) is 0 Å². The number of halogens is 1. The summed E-state index contributed by atoms with van der Waals surface area (Å²) < 4.78 is 20.5. The highest BCUT2D eigenvalue weighted by atomic mass is 19.1. The van der Waals surface area contributed by atoms with E-state index in [0.717, 1.165) is 5.69 Å². The molecule has 6 nitrogen and oxygen atoms in total. The van der Waals surface area contributed by atoms with E-state index in [4.69, 9.17) is 4.74 Å². The predicted molar refractivity (Wildman–Crippen MR) is 112 cm³/mol. The largest absolute Gasteiger partial charge is 0.492 e. The Morgan fingerprint density at radius 2 is 1.90 bits per heavy atom. The molecule has 154 valence electrons. The van der Waals surface area contributed by atoms with Crippen molar-refractivity contribution >= 4 is 11.6 Å². The minimum Gasteiger partial charge on any atom is -0.492 e. The van der Waals surface area contributed by atoms with Crippen LogP contribution in [0.3, 0.4) is 0 Å². The number of aryl methyl sites for hydroxylation is 1. The lowest BCUT2D eigenvalue weighted by Crippen LogP contribution is -2.17. The maximum Gasteiger partial charge on any atom is 0.276 e. The molecule has 0 bridgehead atoms. The van der Waals surface area contributed by atoms with Crippen LogP contribution < -0.4 is 10.1 Å². The number of nitrogens with one attached hydrogen (secondary N) is 1. The van der Waals surface area contributed by atoms with E-state index in [1.807, 2.05) is 27.7 Å². The molecule has 0 saturated carbocycles. The van der Waals surface area contributed by atoms with E-state index < -0.39 is 5.91 Å². The van der Waals surface area contributed by atoms with Crippen molar-refractivity contribution < 1.29 is 13.9 Å². The Kier molecular flexibility index (Phi) is 5.88. The number of hydrogen-bond donors (Lipinski definition) is 1. The first-order valence-corrected chi connectivity index (χ1v) is 9.47. The number of aromatic nitrogens is 2. The highest BCUT2D eigenvalue weighted by molar-refractivity contribution is 6.03. The molecule has 0 fully saturated rings. The van der Waals surface area contributed by atoms with Crippen molar-refractivity contribution in [3.63, 3.8) is 0 Å². The fourth-order valence-corrected chi connectivity index (χ4v) is 2.74. The summed E-state index contributed by atoms with van der Waals surface area (Å²) in [4.78, 5) is 12.6. The van der Waals surface area contributed by atoms with Gasteiger partial charge in [0, 0.05) is 11.4 Å². The third-order valence-electron chi connectivity index (χ3n) is 4.21. The van der Waals surface area contributed by atoms with Gasteiger partial charge in [-0.15, -0.1) is 0 Å². The number of nitriles is 1. The second-order valence-electron chi connectivity index (χ2n) is 8.19. The number of nitrogens with zero attached hydrogens (tertiary/aromatic N) is 3. The van der Waals surface area contributed by atoms with Crippen LogP contribution in [0.4, 0.5) is 10.1 Å². The maximum atomic E-state index is 13.1. The molecule has 0 radical (unpaired) electrons. The Labute approximate surface area is 174 Å². The molecule has 3 rings (SSSR count). The molecular formula is C23H23FN4O2. The number of anilines is 1. The monoisotopic (exact) mass is 406 g/mol. The molecule has 7 heteroatoms. The zero-order valence-corrected chi connectivity index (χ0v) is 17.4. The van der Waals surface area contributed by atoms with Gasteiger partial charge >= 0.3 is 0 Å². The van der Waals surface area contributed by atoms with Gasteiger partial charge in [-0.1, -0.05) is 20.8 Å². The molecule has 0 unspecified atom stereocenters. The number of amides is 1. The van der Waals surface area contributed by atoms with Gasteiger partial charge in [0.2, 0.25) is 0 Å². The fraction of sp³-hybridized carbons (Fsp3) is 0.261. The molecule has 0 aliphatic rings. The molecule has 0 saturated heterocycles. The molecule has 30 heavy (non-hydrogen) atoms. The third kappa shape index (κ3) is 5.03. The molecular weight excluding hydrogens is 383 g/mol. The van der Waals surface area contributed by atoms with Crippen LogP contribution in [0, 0.1) is 29.5 Å². The molecule has 1 N–H and O–H groups in total. The van der Waals surface area contributed by atoms with Gasteiger partial charge in [0.1, 0.15) is 17.6 Å². The molecule has 1 aromatic heterocycles. The van der Waals surface area contributed by atoms with Gasteiger partial charge in [0.25, 0.3) is 5.91 Å². The Balaban J connectivity index is 1.77. The minimum absolute atomic E-state index is 0.0409. The Morgan fingerprint density at radius 1 is 1.20 bits per heavy atom.